The van der Waals surface area contributed by atoms with E-state index >= 15 is 0 Å². The van der Waals surface area contributed by atoms with Gasteiger partial charge in [0.1, 0.15) is 0 Å². The fraction of sp³-hybridized carbons (Fsp3) is 0. The van der Waals surface area contributed by atoms with Crippen LogP contribution in [0.15, 0.2) is 0 Å². The second-order valence-corrected chi connectivity index (χ2v) is 13.2. The standard InChI is InChI=1S/5K.5H2O3S2.5H/c;;;;;5*1-5(2,3)4;;;;;/h;;;;;5*(H2,1,2,3,4);;;;;. The molecule has 0 atom stereocenters. The topological polar surface area (TPSA) is 288 Å². The third-order valence-corrected chi connectivity index (χ3v) is 0. The Hall–Kier alpha value is 9.63. The Balaban J connectivity index is -0.0000000200. The normalized spacial score (nSPS) is 9.67. The summed E-state index contributed by atoms with van der Waals surface area (Å²) in [7, 11) is -19.2. The van der Waals surface area contributed by atoms with Crippen molar-refractivity contribution in [2.24, 2.45) is 0 Å². The Morgan fingerprint density at radius 2 is 0.300 bits per heavy atom. The minimum absolute atomic E-state index is 0. The van der Waals surface area contributed by atoms with Crippen LogP contribution in [0.2, 0.25) is 0 Å². The van der Waals surface area contributed by atoms with Crippen LogP contribution in [0.3, 0.4) is 0 Å². The molecule has 0 amide bonds. The molecule has 15 nitrogen and oxygen atoms in total. The summed E-state index contributed by atoms with van der Waals surface area (Å²) in [5.74, 6) is 0. The van der Waals surface area contributed by atoms with Crippen LogP contribution in [0.1, 0.15) is 0 Å². The fourth-order valence-electron chi connectivity index (χ4n) is 0. The first kappa shape index (κ1) is 67.4. The van der Waals surface area contributed by atoms with Crippen molar-refractivity contribution in [3.8, 4) is 0 Å². The van der Waals surface area contributed by atoms with Gasteiger partial charge in [0.2, 0.25) is 0 Å². The Morgan fingerprint density at radius 1 is 0.300 bits per heavy atom. The van der Waals surface area contributed by atoms with Gasteiger partial charge in [-0.3, -0.25) is 45.5 Å². The molecule has 0 bridgehead atoms. The van der Waals surface area contributed by atoms with Crippen LogP contribution in [0.25, 0.3) is 0 Å². The molecule has 0 unspecified atom stereocenters. The van der Waals surface area contributed by atoms with E-state index in [9.17, 15) is 0 Å². The summed E-state index contributed by atoms with van der Waals surface area (Å²) < 4.78 is 120. The van der Waals surface area contributed by atoms with Gasteiger partial charge in [-0.25, -0.2) is 0 Å². The van der Waals surface area contributed by atoms with Crippen LogP contribution < -0.4 is 0 Å². The van der Waals surface area contributed by atoms with E-state index in [1.807, 2.05) is 0 Å². The van der Waals surface area contributed by atoms with Gasteiger partial charge >= 0.3 is 257 Å². The third-order valence-electron chi connectivity index (χ3n) is 0. The molecule has 30 heteroatoms. The van der Waals surface area contributed by atoms with Gasteiger partial charge in [-0.2, -0.15) is 21.0 Å². The van der Waals surface area contributed by atoms with Crippen LogP contribution in [0, 0.1) is 0 Å². The van der Waals surface area contributed by atoms with Gasteiger partial charge in [0.25, 0.3) is 45.3 Å². The second kappa shape index (κ2) is 34.8. The molecule has 0 aliphatic heterocycles. The Kier molecular flexibility index (Phi) is 78.2. The summed E-state index contributed by atoms with van der Waals surface area (Å²) >= 11 is 17.3. The zero-order valence-corrected chi connectivity index (χ0v) is 18.8. The minimum atomic E-state index is -3.83. The molecule has 30 heavy (non-hydrogen) atoms. The van der Waals surface area contributed by atoms with E-state index < -0.39 is 45.3 Å². The summed E-state index contributed by atoms with van der Waals surface area (Å²) in [6, 6.07) is 0. The van der Waals surface area contributed by atoms with E-state index in [0.717, 1.165) is 0 Å². The molecule has 170 valence electrons. The van der Waals surface area contributed by atoms with E-state index in [4.69, 9.17) is 66.6 Å². The molecule has 0 rings (SSSR count). The van der Waals surface area contributed by atoms with Crippen molar-refractivity contribution in [2.45, 2.75) is 0 Å². The van der Waals surface area contributed by atoms with Crippen LogP contribution in [-0.4, -0.2) is 323 Å². The number of rotatable bonds is 0. The molecule has 0 aromatic rings. The molecule has 0 saturated carbocycles. The molecule has 0 aliphatic rings. The van der Waals surface area contributed by atoms with Crippen LogP contribution in [0.4, 0.5) is 0 Å². The Morgan fingerprint density at radius 3 is 0.300 bits per heavy atom. The molecular formula is H15K5O15S10. The van der Waals surface area contributed by atoms with Gasteiger partial charge in [-0.05, 0) is 0 Å². The predicted octanol–water partition coefficient (Wildman–Crippen LogP) is -4.85. The van der Waals surface area contributed by atoms with Gasteiger partial charge in [-0.1, -0.05) is 0 Å². The molecule has 0 radical (unpaired) electrons. The monoisotopic (exact) mass is 770 g/mol. The molecule has 0 fully saturated rings. The maximum atomic E-state index is 9.11. The third kappa shape index (κ3) is 544. The van der Waals surface area contributed by atoms with Crippen LogP contribution >= 0.6 is 0 Å². The van der Waals surface area contributed by atoms with E-state index in [1.165, 1.54) is 0 Å². The number of hydrogen-bond acceptors (Lipinski definition) is 10. The van der Waals surface area contributed by atoms with Crippen molar-refractivity contribution >= 4 is 358 Å². The molecule has 0 aliphatic carbocycles. The van der Waals surface area contributed by atoms with Crippen molar-refractivity contribution in [2.75, 3.05) is 0 Å². The van der Waals surface area contributed by atoms with Gasteiger partial charge < -0.3 is 0 Å². The van der Waals surface area contributed by atoms with E-state index in [0.29, 0.717) is 0 Å². The first-order valence-electron chi connectivity index (χ1n) is 3.49. The molecule has 0 aromatic carbocycles. The van der Waals surface area contributed by atoms with E-state index in [1.54, 1.807) is 0 Å². The average Bonchev–Trinajstić information content (AvgIpc) is 1.79. The molecule has 0 saturated heterocycles. The molecule has 0 heterocycles. The Labute approximate surface area is 411 Å². The van der Waals surface area contributed by atoms with Crippen molar-refractivity contribution in [1.29, 1.82) is 0 Å². The van der Waals surface area contributed by atoms with Crippen molar-refractivity contribution < 1.29 is 66.6 Å². The quantitative estimate of drug-likeness (QED) is 0.103. The van der Waals surface area contributed by atoms with Gasteiger partial charge in [0, 0.05) is 55.9 Å². The van der Waals surface area contributed by atoms with Crippen molar-refractivity contribution in [3.63, 3.8) is 0 Å². The zero-order valence-electron chi connectivity index (χ0n) is 10.6. The average molecular weight is 771 g/mol. The maximum absolute atomic E-state index is 9.11. The van der Waals surface area contributed by atoms with Crippen molar-refractivity contribution in [3.05, 3.63) is 0 Å². The van der Waals surface area contributed by atoms with Crippen LogP contribution in [-0.2, 0) is 101 Å². The van der Waals surface area contributed by atoms with Gasteiger partial charge in [0.15, 0.2) is 0 Å². The Bertz CT molecular complexity index is 634. The van der Waals surface area contributed by atoms with E-state index in [-0.39, 0.29) is 257 Å². The first-order chi connectivity index (χ1) is 10.0. The summed E-state index contributed by atoms with van der Waals surface area (Å²) in [6.07, 6.45) is 0. The SMILES string of the molecule is O=S(O)(O)=S.O=S(O)(O)=S.O=S(O)(O)=S.O=S(O)(O)=S.O=S(O)(O)=S.[KH].[KH].[KH].[KH].[KH]. The van der Waals surface area contributed by atoms with Crippen LogP contribution in [0.5, 0.6) is 0 Å². The molecule has 0 spiro atoms. The predicted molar refractivity (Wildman–Crippen MR) is 140 cm³/mol. The molecular weight excluding hydrogens is 756 g/mol. The fourth-order valence-corrected chi connectivity index (χ4v) is 0. The summed E-state index contributed by atoms with van der Waals surface area (Å²) in [5, 5.41) is 0. The van der Waals surface area contributed by atoms with Gasteiger partial charge in [-0.15, -0.1) is 0 Å². The first-order valence-corrected chi connectivity index (χ1v) is 15.5. The van der Waals surface area contributed by atoms with Gasteiger partial charge in [0.05, 0.1) is 0 Å². The second-order valence-electron chi connectivity index (χ2n) is 2.24. The molecule has 0 aromatic heterocycles. The van der Waals surface area contributed by atoms with E-state index in [2.05, 4.69) is 55.9 Å². The zero-order chi connectivity index (χ0) is 22.5. The summed E-state index contributed by atoms with van der Waals surface area (Å²) in [5.41, 5.74) is 0. The number of hydrogen-bond donors (Lipinski definition) is 10. The summed E-state index contributed by atoms with van der Waals surface area (Å²) in [4.78, 5) is 0. The molecule has 10 N–H and O–H groups in total. The summed E-state index contributed by atoms with van der Waals surface area (Å²) in [6.45, 7) is 0. The van der Waals surface area contributed by atoms with Crippen molar-refractivity contribution in [1.82, 2.24) is 0 Å².